The van der Waals surface area contributed by atoms with Gasteiger partial charge in [-0.1, -0.05) is 0 Å². The number of methoxy groups -OCH3 is 1. The molecular formula is C18H27N3O3. The van der Waals surface area contributed by atoms with Crippen LogP contribution in [-0.4, -0.2) is 65.1 Å². The molecule has 0 bridgehead atoms. The summed E-state index contributed by atoms with van der Waals surface area (Å²) < 4.78 is 16.7. The average molecular weight is 333 g/mol. The molecule has 1 aliphatic rings. The summed E-state index contributed by atoms with van der Waals surface area (Å²) in [6, 6.07) is 5.89. The number of rotatable bonds is 8. The number of morpholine rings is 1. The lowest BCUT2D eigenvalue weighted by Gasteiger charge is -2.26. The van der Waals surface area contributed by atoms with Crippen molar-refractivity contribution in [2.24, 2.45) is 0 Å². The van der Waals surface area contributed by atoms with Crippen molar-refractivity contribution in [1.82, 2.24) is 4.90 Å². The topological polar surface area (TPSA) is 58.0 Å². The molecular weight excluding hydrogens is 306 g/mol. The van der Waals surface area contributed by atoms with E-state index in [1.54, 1.807) is 13.2 Å². The van der Waals surface area contributed by atoms with Crippen LogP contribution in [0.15, 0.2) is 12.1 Å². The zero-order chi connectivity index (χ0) is 17.4. The van der Waals surface area contributed by atoms with Gasteiger partial charge in [0.25, 0.3) is 0 Å². The van der Waals surface area contributed by atoms with Crippen LogP contribution in [0.2, 0.25) is 0 Å². The van der Waals surface area contributed by atoms with E-state index in [9.17, 15) is 5.26 Å². The molecule has 6 nitrogen and oxygen atoms in total. The second-order valence-corrected chi connectivity index (χ2v) is 5.80. The zero-order valence-electron chi connectivity index (χ0n) is 14.9. The molecule has 6 heteroatoms. The molecule has 0 radical (unpaired) electrons. The summed E-state index contributed by atoms with van der Waals surface area (Å²) in [5.74, 6) is 1.29. The lowest BCUT2D eigenvalue weighted by Crippen LogP contribution is -2.37. The highest BCUT2D eigenvalue weighted by Crippen LogP contribution is 2.34. The fourth-order valence-electron chi connectivity index (χ4n) is 2.69. The molecule has 2 rings (SSSR count). The van der Waals surface area contributed by atoms with Gasteiger partial charge in [0.05, 0.1) is 38.2 Å². The Bertz CT molecular complexity index is 565. The van der Waals surface area contributed by atoms with E-state index >= 15 is 0 Å². The minimum Gasteiger partial charge on any atom is -0.493 e. The highest BCUT2D eigenvalue weighted by Gasteiger charge is 2.14. The SMILES string of the molecule is CCN(C)c1cc(OC)c(OCCCN2CCOCC2)cc1C#N. The van der Waals surface area contributed by atoms with E-state index < -0.39 is 0 Å². The Balaban J connectivity index is 1.97. The van der Waals surface area contributed by atoms with Crippen molar-refractivity contribution < 1.29 is 14.2 Å². The van der Waals surface area contributed by atoms with Gasteiger partial charge in [0.15, 0.2) is 11.5 Å². The smallest absolute Gasteiger partial charge is 0.162 e. The molecule has 0 saturated carbocycles. The van der Waals surface area contributed by atoms with Crippen LogP contribution in [0.3, 0.4) is 0 Å². The predicted molar refractivity (Wildman–Crippen MR) is 94.0 cm³/mol. The first-order valence-electron chi connectivity index (χ1n) is 8.45. The predicted octanol–water partition coefficient (Wildman–Crippen LogP) is 2.12. The van der Waals surface area contributed by atoms with E-state index in [4.69, 9.17) is 14.2 Å². The number of ether oxygens (including phenoxy) is 3. The first kappa shape index (κ1) is 18.4. The number of hydrogen-bond donors (Lipinski definition) is 0. The summed E-state index contributed by atoms with van der Waals surface area (Å²) in [4.78, 5) is 4.40. The van der Waals surface area contributed by atoms with E-state index in [-0.39, 0.29) is 0 Å². The molecule has 0 spiro atoms. The van der Waals surface area contributed by atoms with Gasteiger partial charge in [-0.2, -0.15) is 5.26 Å². The van der Waals surface area contributed by atoms with Crippen LogP contribution in [0, 0.1) is 11.3 Å². The molecule has 0 amide bonds. The van der Waals surface area contributed by atoms with Crippen molar-refractivity contribution in [2.45, 2.75) is 13.3 Å². The van der Waals surface area contributed by atoms with Crippen molar-refractivity contribution in [1.29, 1.82) is 5.26 Å². The Morgan fingerprint density at radius 1 is 1.29 bits per heavy atom. The van der Waals surface area contributed by atoms with E-state index in [2.05, 4.69) is 11.0 Å². The summed E-state index contributed by atoms with van der Waals surface area (Å²) in [6.07, 6.45) is 0.932. The van der Waals surface area contributed by atoms with Gasteiger partial charge in [0.2, 0.25) is 0 Å². The Morgan fingerprint density at radius 3 is 2.67 bits per heavy atom. The van der Waals surface area contributed by atoms with Crippen molar-refractivity contribution in [3.8, 4) is 17.6 Å². The van der Waals surface area contributed by atoms with Gasteiger partial charge in [-0.15, -0.1) is 0 Å². The maximum atomic E-state index is 9.40. The quantitative estimate of drug-likeness (QED) is 0.679. The number of anilines is 1. The first-order valence-corrected chi connectivity index (χ1v) is 8.45. The average Bonchev–Trinajstić information content (AvgIpc) is 2.64. The summed E-state index contributed by atoms with van der Waals surface area (Å²) >= 11 is 0. The largest absolute Gasteiger partial charge is 0.493 e. The van der Waals surface area contributed by atoms with Gasteiger partial charge in [-0.05, 0) is 13.3 Å². The lowest BCUT2D eigenvalue weighted by molar-refractivity contribution is 0.0357. The first-order chi connectivity index (χ1) is 11.7. The van der Waals surface area contributed by atoms with Crippen LogP contribution in [0.4, 0.5) is 5.69 Å². The highest BCUT2D eigenvalue weighted by atomic mass is 16.5. The van der Waals surface area contributed by atoms with Crippen LogP contribution in [0.5, 0.6) is 11.5 Å². The summed E-state index contributed by atoms with van der Waals surface area (Å²) in [6.45, 7) is 8.05. The Kier molecular flexibility index (Phi) is 7.16. The Morgan fingerprint density at radius 2 is 2.04 bits per heavy atom. The van der Waals surface area contributed by atoms with E-state index in [1.807, 2.05) is 24.9 Å². The molecule has 1 aromatic carbocycles. The molecule has 0 aromatic heterocycles. The molecule has 0 N–H and O–H groups in total. The summed E-state index contributed by atoms with van der Waals surface area (Å²) in [5, 5.41) is 9.40. The van der Waals surface area contributed by atoms with Crippen LogP contribution in [0.1, 0.15) is 18.9 Å². The maximum Gasteiger partial charge on any atom is 0.162 e. The van der Waals surface area contributed by atoms with Crippen LogP contribution < -0.4 is 14.4 Å². The Hall–Kier alpha value is -1.97. The fraction of sp³-hybridized carbons (Fsp3) is 0.611. The number of benzene rings is 1. The van der Waals surface area contributed by atoms with Crippen LogP contribution in [-0.2, 0) is 4.74 Å². The third-order valence-electron chi connectivity index (χ3n) is 4.27. The third kappa shape index (κ3) is 4.76. The van der Waals surface area contributed by atoms with Crippen molar-refractivity contribution in [3.63, 3.8) is 0 Å². The van der Waals surface area contributed by atoms with Crippen molar-refractivity contribution in [3.05, 3.63) is 17.7 Å². The van der Waals surface area contributed by atoms with E-state index in [0.717, 1.165) is 51.5 Å². The molecule has 24 heavy (non-hydrogen) atoms. The van der Waals surface area contributed by atoms with Gasteiger partial charge in [0, 0.05) is 45.4 Å². The molecule has 1 heterocycles. The van der Waals surface area contributed by atoms with E-state index in [1.165, 1.54) is 0 Å². The van der Waals surface area contributed by atoms with Gasteiger partial charge in [-0.25, -0.2) is 0 Å². The minimum absolute atomic E-state index is 0.599. The van der Waals surface area contributed by atoms with E-state index in [0.29, 0.717) is 23.7 Å². The number of hydrogen-bond acceptors (Lipinski definition) is 6. The third-order valence-corrected chi connectivity index (χ3v) is 4.27. The molecule has 0 atom stereocenters. The van der Waals surface area contributed by atoms with Gasteiger partial charge in [-0.3, -0.25) is 4.90 Å². The number of nitriles is 1. The zero-order valence-corrected chi connectivity index (χ0v) is 14.9. The molecule has 132 valence electrons. The maximum absolute atomic E-state index is 9.40. The van der Waals surface area contributed by atoms with Gasteiger partial charge >= 0.3 is 0 Å². The Labute approximate surface area is 144 Å². The van der Waals surface area contributed by atoms with Crippen molar-refractivity contribution in [2.75, 3.05) is 65.1 Å². The normalized spacial score (nSPS) is 14.9. The van der Waals surface area contributed by atoms with Gasteiger partial charge in [0.1, 0.15) is 6.07 Å². The molecule has 0 unspecified atom stereocenters. The summed E-state index contributed by atoms with van der Waals surface area (Å²) in [5.41, 5.74) is 1.46. The monoisotopic (exact) mass is 333 g/mol. The van der Waals surface area contributed by atoms with Crippen LogP contribution >= 0.6 is 0 Å². The number of nitrogens with zero attached hydrogens (tertiary/aromatic N) is 3. The standard InChI is InChI=1S/C18H27N3O3/c1-4-20(2)16-13-17(22-3)18(12-15(16)14-19)24-9-5-6-21-7-10-23-11-8-21/h12-13H,4-11H2,1-3H3. The minimum atomic E-state index is 0.599. The van der Waals surface area contributed by atoms with Crippen molar-refractivity contribution >= 4 is 5.69 Å². The van der Waals surface area contributed by atoms with Gasteiger partial charge < -0.3 is 19.1 Å². The second-order valence-electron chi connectivity index (χ2n) is 5.80. The molecule has 1 aromatic rings. The summed E-state index contributed by atoms with van der Waals surface area (Å²) in [7, 11) is 3.58. The molecule has 1 fully saturated rings. The second kappa shape index (κ2) is 9.36. The van der Waals surface area contributed by atoms with Crippen LogP contribution in [0.25, 0.3) is 0 Å². The lowest BCUT2D eigenvalue weighted by atomic mass is 10.1. The fourth-order valence-corrected chi connectivity index (χ4v) is 2.69. The molecule has 1 saturated heterocycles. The molecule has 0 aliphatic carbocycles. The highest BCUT2D eigenvalue weighted by molar-refractivity contribution is 5.65. The molecule has 1 aliphatic heterocycles.